The van der Waals surface area contributed by atoms with Crippen LogP contribution in [0.25, 0.3) is 0 Å². The lowest BCUT2D eigenvalue weighted by molar-refractivity contribution is -0.158. The zero-order valence-corrected chi connectivity index (χ0v) is 14.3. The van der Waals surface area contributed by atoms with Crippen LogP contribution in [0.4, 0.5) is 0 Å². The Balaban J connectivity index is 2.45. The molecular formula is C19H29NO3. The van der Waals surface area contributed by atoms with Crippen LogP contribution in [0.15, 0.2) is 30.3 Å². The van der Waals surface area contributed by atoms with Gasteiger partial charge in [-0.2, -0.15) is 0 Å². The first-order valence-corrected chi connectivity index (χ1v) is 8.74. The molecule has 0 unspecified atom stereocenters. The third kappa shape index (κ3) is 3.29. The average Bonchev–Trinajstić information content (AvgIpc) is 3.00. The van der Waals surface area contributed by atoms with Crippen LogP contribution in [0.2, 0.25) is 0 Å². The molecule has 128 valence electrons. The number of carboxylic acids is 1. The number of hydrogen-bond acceptors (Lipinski definition) is 3. The summed E-state index contributed by atoms with van der Waals surface area (Å²) in [7, 11) is 0. The molecule has 0 aliphatic heterocycles. The molecule has 2 N–H and O–H groups in total. The Morgan fingerprint density at radius 3 is 2.22 bits per heavy atom. The Kier molecular flexibility index (Phi) is 5.82. The van der Waals surface area contributed by atoms with Crippen LogP contribution in [0, 0.1) is 0 Å². The molecule has 1 aromatic carbocycles. The molecule has 0 spiro atoms. The fourth-order valence-electron chi connectivity index (χ4n) is 4.05. The van der Waals surface area contributed by atoms with Crippen LogP contribution in [0.3, 0.4) is 0 Å². The largest absolute Gasteiger partial charge is 0.480 e. The average molecular weight is 319 g/mol. The molecule has 0 radical (unpaired) electrons. The first kappa shape index (κ1) is 18.0. The molecular weight excluding hydrogens is 290 g/mol. The zero-order chi connectivity index (χ0) is 16.9. The van der Waals surface area contributed by atoms with E-state index in [4.69, 9.17) is 0 Å². The molecule has 0 bridgehead atoms. The van der Waals surface area contributed by atoms with Crippen LogP contribution in [-0.2, 0) is 10.2 Å². The standard InChI is InChI=1S/C19H29NO3/c1-3-20(4-2)15-14-19(17(21)22,16-10-6-5-7-11-16)18(23)12-8-9-13-18/h5-7,10-11,23H,3-4,8-9,12-15H2,1-2H3,(H,21,22)/t19-/m1/s1. The van der Waals surface area contributed by atoms with Gasteiger partial charge in [0.15, 0.2) is 0 Å². The van der Waals surface area contributed by atoms with E-state index in [1.807, 2.05) is 30.3 Å². The number of aliphatic carboxylic acids is 1. The van der Waals surface area contributed by atoms with Crippen LogP contribution in [0.5, 0.6) is 0 Å². The summed E-state index contributed by atoms with van der Waals surface area (Å²) in [4.78, 5) is 14.6. The minimum Gasteiger partial charge on any atom is -0.480 e. The highest BCUT2D eigenvalue weighted by molar-refractivity contribution is 5.83. The van der Waals surface area contributed by atoms with Crippen molar-refractivity contribution in [2.24, 2.45) is 0 Å². The second-order valence-corrected chi connectivity index (χ2v) is 6.59. The Morgan fingerprint density at radius 2 is 1.74 bits per heavy atom. The molecule has 0 aromatic heterocycles. The molecule has 0 heterocycles. The number of benzene rings is 1. The lowest BCUT2D eigenvalue weighted by Crippen LogP contribution is -2.56. The SMILES string of the molecule is CCN(CC)CC[C@](C(=O)O)(c1ccccc1)C1(O)CCCC1. The van der Waals surface area contributed by atoms with Crippen molar-refractivity contribution >= 4 is 5.97 Å². The van der Waals surface area contributed by atoms with Gasteiger partial charge >= 0.3 is 5.97 Å². The summed E-state index contributed by atoms with van der Waals surface area (Å²) in [5, 5.41) is 21.5. The molecule has 1 aliphatic rings. The van der Waals surface area contributed by atoms with Gasteiger partial charge in [-0.15, -0.1) is 0 Å². The van der Waals surface area contributed by atoms with E-state index >= 15 is 0 Å². The topological polar surface area (TPSA) is 60.8 Å². The molecule has 1 aliphatic carbocycles. The second-order valence-electron chi connectivity index (χ2n) is 6.59. The third-order valence-corrected chi connectivity index (χ3v) is 5.55. The minimum absolute atomic E-state index is 0.435. The number of nitrogens with zero attached hydrogens (tertiary/aromatic N) is 1. The second kappa shape index (κ2) is 7.45. The van der Waals surface area contributed by atoms with Crippen LogP contribution >= 0.6 is 0 Å². The molecule has 2 rings (SSSR count). The van der Waals surface area contributed by atoms with Gasteiger partial charge in [-0.05, 0) is 44.5 Å². The molecule has 1 saturated carbocycles. The summed E-state index contributed by atoms with van der Waals surface area (Å²) >= 11 is 0. The highest BCUT2D eigenvalue weighted by Gasteiger charge is 2.57. The van der Waals surface area contributed by atoms with Gasteiger partial charge in [0.05, 0.1) is 5.60 Å². The van der Waals surface area contributed by atoms with Crippen molar-refractivity contribution in [3.05, 3.63) is 35.9 Å². The fraction of sp³-hybridized carbons (Fsp3) is 0.632. The van der Waals surface area contributed by atoms with Gasteiger partial charge in [-0.3, -0.25) is 4.79 Å². The third-order valence-electron chi connectivity index (χ3n) is 5.55. The number of carbonyl (C=O) groups is 1. The van der Waals surface area contributed by atoms with E-state index < -0.39 is 17.0 Å². The van der Waals surface area contributed by atoms with Gasteiger partial charge in [-0.25, -0.2) is 0 Å². The molecule has 0 amide bonds. The van der Waals surface area contributed by atoms with Crippen molar-refractivity contribution in [3.63, 3.8) is 0 Å². The minimum atomic E-state index is -1.23. The van der Waals surface area contributed by atoms with Gasteiger partial charge in [0.2, 0.25) is 0 Å². The Hall–Kier alpha value is -1.39. The maximum atomic E-state index is 12.4. The molecule has 4 nitrogen and oxygen atoms in total. The molecule has 1 fully saturated rings. The first-order chi connectivity index (χ1) is 11.0. The van der Waals surface area contributed by atoms with Crippen molar-refractivity contribution in [2.45, 2.75) is 57.0 Å². The van der Waals surface area contributed by atoms with Crippen LogP contribution < -0.4 is 0 Å². The summed E-state index contributed by atoms with van der Waals surface area (Å²) in [6.07, 6.45) is 3.34. The summed E-state index contributed by atoms with van der Waals surface area (Å²) in [6, 6.07) is 9.32. The van der Waals surface area contributed by atoms with Gasteiger partial charge in [0.25, 0.3) is 0 Å². The van der Waals surface area contributed by atoms with Crippen LogP contribution in [-0.4, -0.2) is 46.3 Å². The van der Waals surface area contributed by atoms with E-state index in [2.05, 4.69) is 18.7 Å². The zero-order valence-electron chi connectivity index (χ0n) is 14.3. The molecule has 0 saturated heterocycles. The van der Waals surface area contributed by atoms with Gasteiger partial charge in [-0.1, -0.05) is 57.0 Å². The van der Waals surface area contributed by atoms with Crippen molar-refractivity contribution < 1.29 is 15.0 Å². The Bertz CT molecular complexity index is 507. The van der Waals surface area contributed by atoms with Crippen molar-refractivity contribution in [1.82, 2.24) is 4.90 Å². The quantitative estimate of drug-likeness (QED) is 0.773. The van der Waals surface area contributed by atoms with E-state index in [0.29, 0.717) is 25.8 Å². The first-order valence-electron chi connectivity index (χ1n) is 8.74. The summed E-state index contributed by atoms with van der Waals surface area (Å²) in [5.74, 6) is -0.903. The fourth-order valence-corrected chi connectivity index (χ4v) is 4.05. The van der Waals surface area contributed by atoms with Crippen molar-refractivity contribution in [3.8, 4) is 0 Å². The van der Waals surface area contributed by atoms with Crippen LogP contribution in [0.1, 0.15) is 51.5 Å². The Morgan fingerprint density at radius 1 is 1.17 bits per heavy atom. The van der Waals surface area contributed by atoms with Gasteiger partial charge in [0.1, 0.15) is 5.41 Å². The number of rotatable bonds is 8. The van der Waals surface area contributed by atoms with E-state index in [-0.39, 0.29) is 0 Å². The lowest BCUT2D eigenvalue weighted by Gasteiger charge is -2.43. The molecule has 1 aromatic rings. The van der Waals surface area contributed by atoms with Crippen molar-refractivity contribution in [1.29, 1.82) is 0 Å². The predicted octanol–water partition coefficient (Wildman–Crippen LogP) is 3.05. The summed E-state index contributed by atoms with van der Waals surface area (Å²) < 4.78 is 0. The van der Waals surface area contributed by atoms with E-state index in [0.717, 1.165) is 31.5 Å². The van der Waals surface area contributed by atoms with Gasteiger partial charge in [0, 0.05) is 0 Å². The molecule has 23 heavy (non-hydrogen) atoms. The summed E-state index contributed by atoms with van der Waals surface area (Å²) in [5.41, 5.74) is -1.66. The normalized spacial score (nSPS) is 19.7. The maximum absolute atomic E-state index is 12.4. The highest BCUT2D eigenvalue weighted by atomic mass is 16.4. The molecule has 4 heteroatoms. The number of aliphatic hydroxyl groups is 1. The maximum Gasteiger partial charge on any atom is 0.317 e. The predicted molar refractivity (Wildman–Crippen MR) is 91.6 cm³/mol. The smallest absolute Gasteiger partial charge is 0.317 e. The monoisotopic (exact) mass is 319 g/mol. The number of carboxylic acid groups (broad SMARTS) is 1. The van der Waals surface area contributed by atoms with Crippen molar-refractivity contribution in [2.75, 3.05) is 19.6 Å². The van der Waals surface area contributed by atoms with E-state index in [1.54, 1.807) is 0 Å². The summed E-state index contributed by atoms with van der Waals surface area (Å²) in [6.45, 7) is 6.62. The van der Waals surface area contributed by atoms with E-state index in [1.165, 1.54) is 0 Å². The molecule has 1 atom stereocenters. The lowest BCUT2D eigenvalue weighted by atomic mass is 9.64. The van der Waals surface area contributed by atoms with Gasteiger partial charge < -0.3 is 15.1 Å². The van der Waals surface area contributed by atoms with E-state index in [9.17, 15) is 15.0 Å². The highest BCUT2D eigenvalue weighted by Crippen LogP contribution is 2.48. The number of hydrogen-bond donors (Lipinski definition) is 2. The Labute approximate surface area is 139 Å².